The average Bonchev–Trinajstić information content (AvgIpc) is 2.21. The van der Waals surface area contributed by atoms with Gasteiger partial charge < -0.3 is 20.5 Å². The molecule has 0 aromatic carbocycles. The summed E-state index contributed by atoms with van der Waals surface area (Å²) in [5, 5.41) is 2.33. The molecule has 0 aliphatic rings. The van der Waals surface area contributed by atoms with Crippen LogP contribution in [0.2, 0.25) is 0 Å². The van der Waals surface area contributed by atoms with Crippen molar-refractivity contribution in [3.63, 3.8) is 0 Å². The molecule has 7 nitrogen and oxygen atoms in total. The number of nitrogens with one attached hydrogen (secondary N) is 1. The molecule has 18 heavy (non-hydrogen) atoms. The molecule has 0 unspecified atom stereocenters. The summed E-state index contributed by atoms with van der Waals surface area (Å²) in [7, 11) is 0. The summed E-state index contributed by atoms with van der Waals surface area (Å²) in [5.41, 5.74) is 4.88. The minimum absolute atomic E-state index is 0.0364. The number of nitrogens with two attached hydrogens (primary N) is 1. The molecule has 0 saturated carbocycles. The van der Waals surface area contributed by atoms with Crippen molar-refractivity contribution < 1.29 is 23.9 Å². The van der Waals surface area contributed by atoms with Crippen molar-refractivity contribution >= 4 is 18.0 Å². The molecule has 0 saturated heterocycles. The van der Waals surface area contributed by atoms with Gasteiger partial charge >= 0.3 is 18.0 Å². The Balaban J connectivity index is 3.93. The molecule has 0 bridgehead atoms. The van der Waals surface area contributed by atoms with Gasteiger partial charge in [0.25, 0.3) is 0 Å². The van der Waals surface area contributed by atoms with E-state index < -0.39 is 24.0 Å². The smallest absolute Gasteiger partial charge is 0.331 e. The number of amides is 2. The molecule has 0 spiro atoms. The van der Waals surface area contributed by atoms with Gasteiger partial charge in [0.1, 0.15) is 6.61 Å². The minimum atomic E-state index is -0.700. The van der Waals surface area contributed by atoms with Crippen molar-refractivity contribution in [2.24, 2.45) is 5.73 Å². The second-order valence-corrected chi connectivity index (χ2v) is 3.86. The Kier molecular flexibility index (Phi) is 7.18. The Bertz CT molecular complexity index is 338. The lowest BCUT2D eigenvalue weighted by Gasteiger charge is -2.11. The van der Waals surface area contributed by atoms with Crippen LogP contribution in [0.5, 0.6) is 0 Å². The van der Waals surface area contributed by atoms with Crippen molar-refractivity contribution in [3.05, 3.63) is 12.2 Å². The predicted octanol–water partition coefficient (Wildman–Crippen LogP) is 0.0942. The van der Waals surface area contributed by atoms with E-state index in [9.17, 15) is 14.4 Å². The second kappa shape index (κ2) is 8.10. The van der Waals surface area contributed by atoms with Gasteiger partial charge in [0.05, 0.1) is 12.1 Å². The normalized spacial score (nSPS) is 12.2. The molecular weight excluding hydrogens is 240 g/mol. The maximum Gasteiger partial charge on any atom is 0.331 e. The molecule has 2 amide bonds. The highest BCUT2D eigenvalue weighted by atomic mass is 16.5. The number of ether oxygens (including phenoxy) is 2. The monoisotopic (exact) mass is 258 g/mol. The lowest BCUT2D eigenvalue weighted by atomic mass is 10.4. The first-order valence-electron chi connectivity index (χ1n) is 5.42. The lowest BCUT2D eigenvalue weighted by molar-refractivity contribution is -0.143. The number of hydrogen-bond acceptors (Lipinski definition) is 5. The number of hydrogen-bond donors (Lipinski definition) is 2. The molecule has 3 N–H and O–H groups in total. The third kappa shape index (κ3) is 9.20. The maximum absolute atomic E-state index is 11.2. The third-order valence-corrected chi connectivity index (χ3v) is 1.57. The number of urea groups is 1. The summed E-state index contributed by atoms with van der Waals surface area (Å²) < 4.78 is 9.53. The number of primary amides is 1. The quantitative estimate of drug-likeness (QED) is 0.518. The molecule has 0 aliphatic carbocycles. The van der Waals surface area contributed by atoms with Gasteiger partial charge in [0.15, 0.2) is 0 Å². The Morgan fingerprint density at radius 1 is 1.17 bits per heavy atom. The zero-order valence-electron chi connectivity index (χ0n) is 10.6. The van der Waals surface area contributed by atoms with Crippen molar-refractivity contribution in [2.75, 3.05) is 6.61 Å². The van der Waals surface area contributed by atoms with E-state index in [1.54, 1.807) is 20.8 Å². The van der Waals surface area contributed by atoms with Crippen LogP contribution in [-0.2, 0) is 19.1 Å². The molecular formula is C11H18N2O5. The van der Waals surface area contributed by atoms with E-state index in [4.69, 9.17) is 15.2 Å². The van der Waals surface area contributed by atoms with Gasteiger partial charge in [-0.2, -0.15) is 0 Å². The first kappa shape index (κ1) is 16.0. The molecule has 0 rings (SSSR count). The summed E-state index contributed by atoms with van der Waals surface area (Å²) in [6.45, 7) is 4.97. The fourth-order valence-corrected chi connectivity index (χ4v) is 0.947. The summed E-state index contributed by atoms with van der Waals surface area (Å²) in [5.74, 6) is -1.32. The van der Waals surface area contributed by atoms with Crippen LogP contribution in [0.3, 0.4) is 0 Å². The van der Waals surface area contributed by atoms with E-state index >= 15 is 0 Å². The Morgan fingerprint density at radius 2 is 1.72 bits per heavy atom. The Labute approximate surface area is 105 Å². The first-order valence-corrected chi connectivity index (χ1v) is 5.42. The highest BCUT2D eigenvalue weighted by Crippen LogP contribution is 1.92. The van der Waals surface area contributed by atoms with E-state index in [1.807, 2.05) is 0 Å². The fraction of sp³-hybridized carbons (Fsp3) is 0.545. The van der Waals surface area contributed by atoms with Gasteiger partial charge in [0.2, 0.25) is 0 Å². The highest BCUT2D eigenvalue weighted by Gasteiger charge is 2.07. The van der Waals surface area contributed by atoms with Gasteiger partial charge in [-0.05, 0) is 20.8 Å². The van der Waals surface area contributed by atoms with Crippen LogP contribution in [0.15, 0.2) is 12.2 Å². The fourth-order valence-electron chi connectivity index (χ4n) is 0.947. The van der Waals surface area contributed by atoms with Crippen LogP contribution in [-0.4, -0.2) is 36.7 Å². The van der Waals surface area contributed by atoms with Gasteiger partial charge in [-0.3, -0.25) is 0 Å². The molecule has 0 aromatic rings. The zero-order chi connectivity index (χ0) is 14.1. The van der Waals surface area contributed by atoms with Gasteiger partial charge in [0, 0.05) is 12.2 Å². The van der Waals surface area contributed by atoms with Crippen LogP contribution >= 0.6 is 0 Å². The van der Waals surface area contributed by atoms with Crippen molar-refractivity contribution in [3.8, 4) is 0 Å². The van der Waals surface area contributed by atoms with Gasteiger partial charge in [-0.25, -0.2) is 14.4 Å². The van der Waals surface area contributed by atoms with Crippen molar-refractivity contribution in [1.29, 1.82) is 0 Å². The largest absolute Gasteiger partial charge is 0.460 e. The van der Waals surface area contributed by atoms with Crippen LogP contribution in [0, 0.1) is 0 Å². The van der Waals surface area contributed by atoms with Crippen LogP contribution in [0.4, 0.5) is 4.79 Å². The number of carbonyl (C=O) groups excluding carboxylic acids is 3. The van der Waals surface area contributed by atoms with Crippen molar-refractivity contribution in [1.82, 2.24) is 5.32 Å². The van der Waals surface area contributed by atoms with E-state index in [1.165, 1.54) is 0 Å². The molecule has 102 valence electrons. The van der Waals surface area contributed by atoms with Crippen molar-refractivity contribution in [2.45, 2.75) is 32.9 Å². The highest BCUT2D eigenvalue weighted by molar-refractivity contribution is 5.91. The number of esters is 2. The Hall–Kier alpha value is -2.05. The maximum atomic E-state index is 11.2. The summed E-state index contributed by atoms with van der Waals surface area (Å²) in [6, 6.07) is -1.10. The van der Waals surface area contributed by atoms with E-state index in [0.717, 1.165) is 12.2 Å². The molecule has 0 aromatic heterocycles. The van der Waals surface area contributed by atoms with E-state index in [0.29, 0.717) is 0 Å². The number of carbonyl (C=O) groups is 3. The predicted molar refractivity (Wildman–Crippen MR) is 63.5 cm³/mol. The standard InChI is InChI=1S/C11H18N2O5/c1-7(2)18-10(15)5-4-9(14)17-6-8(3)13-11(12)16/h4-5,7-8H,6H2,1-3H3,(H3,12,13,16)/b5-4+/t8-/m1/s1. The van der Waals surface area contributed by atoms with Crippen LogP contribution in [0.1, 0.15) is 20.8 Å². The summed E-state index contributed by atoms with van der Waals surface area (Å²) >= 11 is 0. The molecule has 0 aliphatic heterocycles. The molecule has 0 fully saturated rings. The third-order valence-electron chi connectivity index (χ3n) is 1.57. The molecule has 0 heterocycles. The van der Waals surface area contributed by atoms with Crippen LogP contribution in [0.25, 0.3) is 0 Å². The van der Waals surface area contributed by atoms with Gasteiger partial charge in [-0.1, -0.05) is 0 Å². The topological polar surface area (TPSA) is 108 Å². The SMILES string of the molecule is CC(C)OC(=O)/C=C/C(=O)OC[C@@H](C)NC(N)=O. The molecule has 0 radical (unpaired) electrons. The van der Waals surface area contributed by atoms with Crippen LogP contribution < -0.4 is 11.1 Å². The lowest BCUT2D eigenvalue weighted by Crippen LogP contribution is -2.39. The van der Waals surface area contributed by atoms with E-state index in [-0.39, 0.29) is 12.7 Å². The summed E-state index contributed by atoms with van der Waals surface area (Å²) in [6.07, 6.45) is 1.69. The number of rotatable bonds is 6. The minimum Gasteiger partial charge on any atom is -0.460 e. The summed E-state index contributed by atoms with van der Waals surface area (Å²) in [4.78, 5) is 32.7. The van der Waals surface area contributed by atoms with E-state index in [2.05, 4.69) is 5.32 Å². The molecule has 1 atom stereocenters. The second-order valence-electron chi connectivity index (χ2n) is 3.86. The zero-order valence-corrected chi connectivity index (χ0v) is 10.6. The Morgan fingerprint density at radius 3 is 2.22 bits per heavy atom. The average molecular weight is 258 g/mol. The first-order chi connectivity index (χ1) is 8.31. The molecule has 7 heteroatoms. The van der Waals surface area contributed by atoms with Gasteiger partial charge in [-0.15, -0.1) is 0 Å².